The number of carbonyl (C=O) groups excluding carboxylic acids is 1. The SMILES string of the molecule is CCC(CC)C(=O)N1CCC(c2ccc(Br)cc2)C1. The molecule has 1 fully saturated rings. The zero-order valence-corrected chi connectivity index (χ0v) is 13.3. The van der Waals surface area contributed by atoms with Gasteiger partial charge in [-0.05, 0) is 37.0 Å². The van der Waals surface area contributed by atoms with Crippen molar-refractivity contribution < 1.29 is 4.79 Å². The van der Waals surface area contributed by atoms with E-state index in [2.05, 4.69) is 58.9 Å². The van der Waals surface area contributed by atoms with Crippen molar-refractivity contribution >= 4 is 21.8 Å². The van der Waals surface area contributed by atoms with Crippen molar-refractivity contribution in [2.24, 2.45) is 5.92 Å². The van der Waals surface area contributed by atoms with E-state index in [1.807, 2.05) is 0 Å². The van der Waals surface area contributed by atoms with Crippen LogP contribution in [0.2, 0.25) is 0 Å². The molecule has 0 aliphatic carbocycles. The van der Waals surface area contributed by atoms with Crippen LogP contribution < -0.4 is 0 Å². The molecule has 1 heterocycles. The third-order valence-corrected chi connectivity index (χ3v) is 4.70. The zero-order valence-electron chi connectivity index (χ0n) is 11.7. The fraction of sp³-hybridized carbons (Fsp3) is 0.562. The minimum atomic E-state index is 0.212. The molecule has 3 heteroatoms. The van der Waals surface area contributed by atoms with Gasteiger partial charge in [-0.1, -0.05) is 41.9 Å². The first kappa shape index (κ1) is 14.6. The highest BCUT2D eigenvalue weighted by Crippen LogP contribution is 2.29. The number of hydrogen-bond acceptors (Lipinski definition) is 1. The number of likely N-dealkylation sites (tertiary alicyclic amines) is 1. The summed E-state index contributed by atoms with van der Waals surface area (Å²) in [5.74, 6) is 1.07. The summed E-state index contributed by atoms with van der Waals surface area (Å²) in [7, 11) is 0. The molecule has 0 aromatic heterocycles. The molecule has 104 valence electrons. The Bertz CT molecular complexity index is 425. The first-order valence-electron chi connectivity index (χ1n) is 7.20. The van der Waals surface area contributed by atoms with Gasteiger partial charge in [-0.2, -0.15) is 0 Å². The molecule has 2 rings (SSSR count). The second-order valence-corrected chi connectivity index (χ2v) is 6.25. The Balaban J connectivity index is 2.00. The molecular formula is C16H22BrNO. The van der Waals surface area contributed by atoms with Gasteiger partial charge in [0, 0.05) is 29.4 Å². The van der Waals surface area contributed by atoms with Crippen molar-refractivity contribution in [3.8, 4) is 0 Å². The van der Waals surface area contributed by atoms with Gasteiger partial charge in [0.25, 0.3) is 0 Å². The largest absolute Gasteiger partial charge is 0.342 e. The second-order valence-electron chi connectivity index (χ2n) is 5.33. The Kier molecular flexibility index (Phi) is 5.03. The molecule has 0 N–H and O–H groups in total. The normalized spacial score (nSPS) is 19.2. The summed E-state index contributed by atoms with van der Waals surface area (Å²) < 4.78 is 1.11. The van der Waals surface area contributed by atoms with Gasteiger partial charge in [-0.15, -0.1) is 0 Å². The minimum Gasteiger partial charge on any atom is -0.342 e. The van der Waals surface area contributed by atoms with Crippen LogP contribution in [0.1, 0.15) is 44.6 Å². The van der Waals surface area contributed by atoms with Crippen LogP contribution in [0.3, 0.4) is 0 Å². The lowest BCUT2D eigenvalue weighted by molar-refractivity contribution is -0.134. The van der Waals surface area contributed by atoms with Crippen LogP contribution in [-0.2, 0) is 4.79 Å². The Morgan fingerprint density at radius 3 is 2.53 bits per heavy atom. The van der Waals surface area contributed by atoms with Crippen LogP contribution in [0.25, 0.3) is 0 Å². The third-order valence-electron chi connectivity index (χ3n) is 4.18. The van der Waals surface area contributed by atoms with Gasteiger partial charge < -0.3 is 4.90 Å². The van der Waals surface area contributed by atoms with E-state index >= 15 is 0 Å². The van der Waals surface area contributed by atoms with E-state index in [0.717, 1.165) is 36.8 Å². The number of benzene rings is 1. The summed E-state index contributed by atoms with van der Waals surface area (Å²) in [6.07, 6.45) is 3.00. The number of halogens is 1. The monoisotopic (exact) mass is 323 g/mol. The van der Waals surface area contributed by atoms with E-state index in [1.165, 1.54) is 5.56 Å². The van der Waals surface area contributed by atoms with Crippen LogP contribution in [0.5, 0.6) is 0 Å². The Morgan fingerprint density at radius 1 is 1.32 bits per heavy atom. The van der Waals surface area contributed by atoms with Crippen LogP contribution in [0.4, 0.5) is 0 Å². The van der Waals surface area contributed by atoms with Crippen molar-refractivity contribution in [1.82, 2.24) is 4.90 Å². The Labute approximate surface area is 124 Å². The highest BCUT2D eigenvalue weighted by Gasteiger charge is 2.29. The minimum absolute atomic E-state index is 0.212. The Hall–Kier alpha value is -0.830. The molecule has 0 saturated carbocycles. The number of rotatable bonds is 4. The lowest BCUT2D eigenvalue weighted by Gasteiger charge is -2.22. The second kappa shape index (κ2) is 6.56. The van der Waals surface area contributed by atoms with Crippen LogP contribution in [-0.4, -0.2) is 23.9 Å². The molecule has 1 atom stereocenters. The average Bonchev–Trinajstić information content (AvgIpc) is 2.90. The third kappa shape index (κ3) is 3.38. The van der Waals surface area contributed by atoms with Crippen molar-refractivity contribution in [3.63, 3.8) is 0 Å². The molecule has 1 aromatic rings. The molecule has 19 heavy (non-hydrogen) atoms. The highest BCUT2D eigenvalue weighted by molar-refractivity contribution is 9.10. The summed E-state index contributed by atoms with van der Waals surface area (Å²) in [6, 6.07) is 8.50. The van der Waals surface area contributed by atoms with Gasteiger partial charge in [0.2, 0.25) is 5.91 Å². The summed E-state index contributed by atoms with van der Waals surface area (Å²) in [5, 5.41) is 0. The summed E-state index contributed by atoms with van der Waals surface area (Å²) in [5.41, 5.74) is 1.35. The molecule has 0 radical (unpaired) electrons. The van der Waals surface area contributed by atoms with E-state index in [-0.39, 0.29) is 5.92 Å². The Morgan fingerprint density at radius 2 is 1.95 bits per heavy atom. The smallest absolute Gasteiger partial charge is 0.225 e. The fourth-order valence-corrected chi connectivity index (χ4v) is 3.13. The summed E-state index contributed by atoms with van der Waals surface area (Å²) in [6.45, 7) is 6.01. The zero-order chi connectivity index (χ0) is 13.8. The first-order chi connectivity index (χ1) is 9.15. The van der Waals surface area contributed by atoms with Crippen molar-refractivity contribution in [3.05, 3.63) is 34.3 Å². The molecular weight excluding hydrogens is 302 g/mol. The molecule has 1 amide bonds. The number of amides is 1. The van der Waals surface area contributed by atoms with E-state index in [0.29, 0.717) is 11.8 Å². The van der Waals surface area contributed by atoms with Crippen LogP contribution >= 0.6 is 15.9 Å². The predicted octanol–water partition coefficient (Wildman–Crippen LogP) is 4.20. The number of carbonyl (C=O) groups is 1. The van der Waals surface area contributed by atoms with E-state index in [9.17, 15) is 4.79 Å². The number of hydrogen-bond donors (Lipinski definition) is 0. The van der Waals surface area contributed by atoms with Gasteiger partial charge in [0.1, 0.15) is 0 Å². The molecule has 0 spiro atoms. The molecule has 1 aliphatic rings. The van der Waals surface area contributed by atoms with Crippen molar-refractivity contribution in [2.45, 2.75) is 39.0 Å². The van der Waals surface area contributed by atoms with Crippen LogP contribution in [0, 0.1) is 5.92 Å². The molecule has 1 aromatic carbocycles. The topological polar surface area (TPSA) is 20.3 Å². The maximum absolute atomic E-state index is 12.4. The molecule has 0 bridgehead atoms. The standard InChI is InChI=1S/C16H22BrNO/c1-3-12(4-2)16(19)18-10-9-14(11-18)13-5-7-15(17)8-6-13/h5-8,12,14H,3-4,9-11H2,1-2H3. The molecule has 1 aliphatic heterocycles. The van der Waals surface area contributed by atoms with Gasteiger partial charge in [-0.3, -0.25) is 4.79 Å². The van der Waals surface area contributed by atoms with Gasteiger partial charge in [0.05, 0.1) is 0 Å². The van der Waals surface area contributed by atoms with E-state index in [1.54, 1.807) is 0 Å². The first-order valence-corrected chi connectivity index (χ1v) is 7.99. The van der Waals surface area contributed by atoms with E-state index < -0.39 is 0 Å². The molecule has 2 nitrogen and oxygen atoms in total. The van der Waals surface area contributed by atoms with Crippen LogP contribution in [0.15, 0.2) is 28.7 Å². The quantitative estimate of drug-likeness (QED) is 0.813. The molecule has 1 unspecified atom stereocenters. The lowest BCUT2D eigenvalue weighted by atomic mass is 9.98. The maximum atomic E-state index is 12.4. The van der Waals surface area contributed by atoms with Gasteiger partial charge >= 0.3 is 0 Å². The van der Waals surface area contributed by atoms with Crippen molar-refractivity contribution in [2.75, 3.05) is 13.1 Å². The summed E-state index contributed by atoms with van der Waals surface area (Å²) in [4.78, 5) is 14.4. The molecule has 1 saturated heterocycles. The van der Waals surface area contributed by atoms with Gasteiger partial charge in [0.15, 0.2) is 0 Å². The predicted molar refractivity (Wildman–Crippen MR) is 82.2 cm³/mol. The number of nitrogens with zero attached hydrogens (tertiary/aromatic N) is 1. The maximum Gasteiger partial charge on any atom is 0.225 e. The average molecular weight is 324 g/mol. The summed E-state index contributed by atoms with van der Waals surface area (Å²) >= 11 is 3.46. The van der Waals surface area contributed by atoms with E-state index in [4.69, 9.17) is 0 Å². The highest BCUT2D eigenvalue weighted by atomic mass is 79.9. The van der Waals surface area contributed by atoms with Gasteiger partial charge in [-0.25, -0.2) is 0 Å². The van der Waals surface area contributed by atoms with Crippen molar-refractivity contribution in [1.29, 1.82) is 0 Å². The fourth-order valence-electron chi connectivity index (χ4n) is 2.86. The lowest BCUT2D eigenvalue weighted by Crippen LogP contribution is -2.33.